The Morgan fingerprint density at radius 2 is 1.28 bits per heavy atom. The van der Waals surface area contributed by atoms with E-state index in [4.69, 9.17) is 11.6 Å². The van der Waals surface area contributed by atoms with Crippen molar-refractivity contribution in [3.8, 4) is 11.5 Å². The van der Waals surface area contributed by atoms with Gasteiger partial charge in [-0.1, -0.05) is 42.8 Å². The number of Topliss-reactive ketones (excluding diaryl/α,β-unsaturated/α-hetero) is 1. The van der Waals surface area contributed by atoms with Gasteiger partial charge in [-0.05, 0) is 92.8 Å². The standard InChI is InChI=1S/C33H33ClO3S2/c1-6-7-8-30(35)24-9-14-31(29(34)19-24)38-25-10-12-26(13-11-25)39(27-15-20(2)32(36)21(3)16-27)28-17-22(4)33(37)23(5)18-28/h9-19H,6-8H2,1-5H3,(H-,36,37)/p+1. The van der Waals surface area contributed by atoms with Crippen molar-refractivity contribution < 1.29 is 15.0 Å². The molecule has 4 aromatic carbocycles. The fraction of sp³-hybridized carbons (Fsp3) is 0.242. The summed E-state index contributed by atoms with van der Waals surface area (Å²) in [4.78, 5) is 17.7. The molecule has 0 saturated heterocycles. The Labute approximate surface area is 243 Å². The largest absolute Gasteiger partial charge is 0.507 e. The molecule has 3 nitrogen and oxygen atoms in total. The first-order valence-electron chi connectivity index (χ1n) is 13.0. The number of phenols is 2. The Morgan fingerprint density at radius 1 is 0.769 bits per heavy atom. The number of ketones is 1. The average molecular weight is 578 g/mol. The highest BCUT2D eigenvalue weighted by Crippen LogP contribution is 2.39. The van der Waals surface area contributed by atoms with E-state index < -0.39 is 10.9 Å². The molecular weight excluding hydrogens is 544 g/mol. The second kappa shape index (κ2) is 12.5. The predicted molar refractivity (Wildman–Crippen MR) is 163 cm³/mol. The number of carbonyl (C=O) groups excluding carboxylic acids is 1. The van der Waals surface area contributed by atoms with Crippen LogP contribution >= 0.6 is 23.4 Å². The quantitative estimate of drug-likeness (QED) is 0.153. The third kappa shape index (κ3) is 6.66. The molecule has 0 unspecified atom stereocenters. The molecule has 0 amide bonds. The van der Waals surface area contributed by atoms with E-state index >= 15 is 0 Å². The van der Waals surface area contributed by atoms with Crippen LogP contribution in [-0.4, -0.2) is 16.0 Å². The van der Waals surface area contributed by atoms with Crippen LogP contribution in [0, 0.1) is 27.7 Å². The third-order valence-electron chi connectivity index (χ3n) is 6.70. The maximum atomic E-state index is 12.4. The monoisotopic (exact) mass is 577 g/mol. The van der Waals surface area contributed by atoms with Crippen LogP contribution in [0.15, 0.2) is 91.2 Å². The van der Waals surface area contributed by atoms with Gasteiger partial charge in [0, 0.05) is 46.0 Å². The Kier molecular flexibility index (Phi) is 9.37. The van der Waals surface area contributed by atoms with Crippen molar-refractivity contribution in [2.45, 2.75) is 78.4 Å². The van der Waals surface area contributed by atoms with Crippen LogP contribution < -0.4 is 0 Å². The molecule has 0 saturated carbocycles. The fourth-order valence-corrected chi connectivity index (χ4v) is 8.00. The van der Waals surface area contributed by atoms with Crippen LogP contribution in [-0.2, 0) is 10.9 Å². The van der Waals surface area contributed by atoms with Crippen molar-refractivity contribution in [1.29, 1.82) is 0 Å². The molecule has 202 valence electrons. The van der Waals surface area contributed by atoms with Crippen molar-refractivity contribution in [1.82, 2.24) is 0 Å². The van der Waals surface area contributed by atoms with E-state index in [2.05, 4.69) is 55.5 Å². The van der Waals surface area contributed by atoms with Gasteiger partial charge >= 0.3 is 0 Å². The van der Waals surface area contributed by atoms with Crippen LogP contribution in [0.4, 0.5) is 0 Å². The molecule has 0 aliphatic rings. The summed E-state index contributed by atoms with van der Waals surface area (Å²) in [5.41, 5.74) is 4.03. The van der Waals surface area contributed by atoms with E-state index in [0.717, 1.165) is 59.6 Å². The third-order valence-corrected chi connectivity index (χ3v) is 10.4. The number of rotatable bonds is 9. The zero-order valence-electron chi connectivity index (χ0n) is 23.0. The lowest BCUT2D eigenvalue weighted by Gasteiger charge is -2.13. The fourth-order valence-electron chi connectivity index (χ4n) is 4.49. The summed E-state index contributed by atoms with van der Waals surface area (Å²) in [6.07, 6.45) is 2.42. The van der Waals surface area contributed by atoms with Crippen molar-refractivity contribution in [2.24, 2.45) is 0 Å². The molecule has 0 spiro atoms. The number of unbranched alkanes of at least 4 members (excludes halogenated alkanes) is 1. The number of aromatic hydroxyl groups is 2. The van der Waals surface area contributed by atoms with Crippen LogP contribution in [0.5, 0.6) is 11.5 Å². The minimum atomic E-state index is -0.438. The van der Waals surface area contributed by atoms with Gasteiger partial charge in [0.05, 0.1) is 15.9 Å². The van der Waals surface area contributed by atoms with Gasteiger partial charge in [0.15, 0.2) is 20.5 Å². The molecular formula is C33H34ClO3S2+. The maximum Gasteiger partial charge on any atom is 0.167 e. The Bertz CT molecular complexity index is 1410. The summed E-state index contributed by atoms with van der Waals surface area (Å²) >= 11 is 8.14. The number of phenolic OH excluding ortho intramolecular Hbond substituents is 2. The highest BCUT2D eigenvalue weighted by atomic mass is 35.5. The molecule has 0 aromatic heterocycles. The van der Waals surface area contributed by atoms with Crippen LogP contribution in [0.3, 0.4) is 0 Å². The first kappa shape index (κ1) is 29.1. The number of benzene rings is 4. The van der Waals surface area contributed by atoms with Crippen molar-refractivity contribution >= 4 is 40.0 Å². The van der Waals surface area contributed by atoms with E-state index in [-0.39, 0.29) is 5.78 Å². The van der Waals surface area contributed by atoms with Gasteiger partial charge in [-0.2, -0.15) is 0 Å². The molecule has 0 fully saturated rings. The molecule has 0 aliphatic carbocycles. The number of hydrogen-bond donors (Lipinski definition) is 2. The molecule has 0 bridgehead atoms. The summed E-state index contributed by atoms with van der Waals surface area (Å²) in [5.74, 6) is 0.773. The van der Waals surface area contributed by atoms with Gasteiger partial charge in [-0.15, -0.1) is 0 Å². The molecule has 0 atom stereocenters. The van der Waals surface area contributed by atoms with Crippen molar-refractivity contribution in [3.63, 3.8) is 0 Å². The maximum absolute atomic E-state index is 12.4. The summed E-state index contributed by atoms with van der Waals surface area (Å²) in [7, 11) is -0.438. The van der Waals surface area contributed by atoms with Gasteiger partial charge in [-0.25, -0.2) is 0 Å². The van der Waals surface area contributed by atoms with E-state index in [9.17, 15) is 15.0 Å². The first-order valence-corrected chi connectivity index (χ1v) is 15.5. The topological polar surface area (TPSA) is 57.5 Å². The van der Waals surface area contributed by atoms with Gasteiger partial charge in [0.1, 0.15) is 11.5 Å². The second-order valence-corrected chi connectivity index (χ2v) is 13.4. The smallest absolute Gasteiger partial charge is 0.167 e. The zero-order chi connectivity index (χ0) is 28.3. The minimum absolute atomic E-state index is 0.131. The molecule has 4 rings (SSSR count). The van der Waals surface area contributed by atoms with Crippen molar-refractivity contribution in [3.05, 3.63) is 99.6 Å². The van der Waals surface area contributed by atoms with E-state index in [1.54, 1.807) is 17.8 Å². The van der Waals surface area contributed by atoms with Crippen molar-refractivity contribution in [2.75, 3.05) is 0 Å². The Balaban J connectivity index is 1.67. The zero-order valence-corrected chi connectivity index (χ0v) is 25.4. The van der Waals surface area contributed by atoms with Gasteiger partial charge in [-0.3, -0.25) is 4.79 Å². The Hall–Kier alpha value is -2.86. The van der Waals surface area contributed by atoms with E-state index in [0.29, 0.717) is 28.5 Å². The van der Waals surface area contributed by atoms with Gasteiger partial charge in [0.2, 0.25) is 0 Å². The van der Waals surface area contributed by atoms with Crippen LogP contribution in [0.2, 0.25) is 5.02 Å². The normalized spacial score (nSPS) is 11.3. The number of hydrogen-bond acceptors (Lipinski definition) is 4. The minimum Gasteiger partial charge on any atom is -0.507 e. The van der Waals surface area contributed by atoms with Crippen LogP contribution in [0.25, 0.3) is 0 Å². The predicted octanol–water partition coefficient (Wildman–Crippen LogP) is 9.60. The summed E-state index contributed by atoms with van der Waals surface area (Å²) in [6.45, 7) is 9.77. The molecule has 6 heteroatoms. The highest BCUT2D eigenvalue weighted by Gasteiger charge is 2.31. The lowest BCUT2D eigenvalue weighted by atomic mass is 10.1. The second-order valence-electron chi connectivity index (χ2n) is 9.86. The van der Waals surface area contributed by atoms with E-state index in [1.807, 2.05) is 39.8 Å². The average Bonchev–Trinajstić information content (AvgIpc) is 2.91. The van der Waals surface area contributed by atoms with E-state index in [1.165, 1.54) is 0 Å². The lowest BCUT2D eigenvalue weighted by molar-refractivity contribution is 0.0979. The Morgan fingerprint density at radius 3 is 1.74 bits per heavy atom. The lowest BCUT2D eigenvalue weighted by Crippen LogP contribution is -2.07. The molecule has 0 heterocycles. The molecule has 0 radical (unpaired) electrons. The summed E-state index contributed by atoms with van der Waals surface area (Å²) in [5, 5.41) is 21.4. The number of carbonyl (C=O) groups is 1. The van der Waals surface area contributed by atoms with Crippen LogP contribution in [0.1, 0.15) is 58.8 Å². The first-order chi connectivity index (χ1) is 18.6. The summed E-state index contributed by atoms with van der Waals surface area (Å²) in [6, 6.07) is 22.2. The molecule has 0 aliphatic heterocycles. The molecule has 2 N–H and O–H groups in total. The highest BCUT2D eigenvalue weighted by molar-refractivity contribution is 7.99. The van der Waals surface area contributed by atoms with Gasteiger partial charge in [0.25, 0.3) is 0 Å². The SMILES string of the molecule is CCCCC(=O)c1ccc(Sc2ccc([S+](c3cc(C)c(O)c(C)c3)c3cc(C)c(O)c(C)c3)cc2)c(Cl)c1. The molecule has 4 aromatic rings. The number of aryl methyl sites for hydroxylation is 4. The van der Waals surface area contributed by atoms with Gasteiger partial charge < -0.3 is 10.2 Å². The summed E-state index contributed by atoms with van der Waals surface area (Å²) < 4.78 is 0. The number of halogens is 1. The molecule has 39 heavy (non-hydrogen) atoms.